The summed E-state index contributed by atoms with van der Waals surface area (Å²) in [4.78, 5) is 23.3. The van der Waals surface area contributed by atoms with Crippen molar-refractivity contribution in [1.82, 2.24) is 24.8 Å². The maximum Gasteiger partial charge on any atom is 0.471 e. The molecule has 0 spiro atoms. The first kappa shape index (κ1) is 24.4. The van der Waals surface area contributed by atoms with Crippen LogP contribution in [0.3, 0.4) is 0 Å². The lowest BCUT2D eigenvalue weighted by atomic mass is 9.97. The Kier molecular flexibility index (Phi) is 6.62. The van der Waals surface area contributed by atoms with Crippen molar-refractivity contribution in [1.29, 1.82) is 0 Å². The van der Waals surface area contributed by atoms with Crippen LogP contribution < -0.4 is 11.1 Å². The predicted octanol–water partition coefficient (Wildman–Crippen LogP) is 0.476. The summed E-state index contributed by atoms with van der Waals surface area (Å²) in [6.45, 7) is -0.831. The van der Waals surface area contributed by atoms with Crippen molar-refractivity contribution in [3.8, 4) is 11.8 Å². The Bertz CT molecular complexity index is 1280. The second-order valence-corrected chi connectivity index (χ2v) is 7.96. The lowest BCUT2D eigenvalue weighted by Gasteiger charge is -2.31. The van der Waals surface area contributed by atoms with Crippen LogP contribution in [0.15, 0.2) is 36.9 Å². The van der Waals surface area contributed by atoms with Crippen molar-refractivity contribution in [2.24, 2.45) is 0 Å². The monoisotopic (exact) mass is 490 g/mol. The minimum Gasteiger partial charge on any atom is -0.394 e. The minimum atomic E-state index is -4.96. The SMILES string of the molecule is Nc1ncnc2c1ncn2[C@@]1(Cc2ccc(C#CCNC(=O)C(F)(F)F)cc2)C[C@H](O)[C@@H](CO)O1. The van der Waals surface area contributed by atoms with Gasteiger partial charge in [0.05, 0.1) is 25.6 Å². The van der Waals surface area contributed by atoms with Gasteiger partial charge in [-0.05, 0) is 17.7 Å². The van der Waals surface area contributed by atoms with E-state index in [1.807, 2.05) is 0 Å². The van der Waals surface area contributed by atoms with Gasteiger partial charge in [-0.1, -0.05) is 24.0 Å². The number of halogens is 3. The highest BCUT2D eigenvalue weighted by Gasteiger charge is 2.48. The largest absolute Gasteiger partial charge is 0.471 e. The molecule has 1 saturated heterocycles. The summed E-state index contributed by atoms with van der Waals surface area (Å²) >= 11 is 0. The summed E-state index contributed by atoms with van der Waals surface area (Å²) in [5, 5.41) is 21.8. The highest BCUT2D eigenvalue weighted by molar-refractivity contribution is 5.82. The molecule has 0 radical (unpaired) electrons. The molecule has 35 heavy (non-hydrogen) atoms. The number of hydrogen-bond donors (Lipinski definition) is 4. The molecule has 3 heterocycles. The molecule has 4 rings (SSSR count). The van der Waals surface area contributed by atoms with Crippen LogP contribution in [-0.4, -0.2) is 67.2 Å². The molecule has 13 heteroatoms. The number of carbonyl (C=O) groups is 1. The number of nitrogen functional groups attached to an aromatic ring is 1. The van der Waals surface area contributed by atoms with E-state index >= 15 is 0 Å². The van der Waals surface area contributed by atoms with Gasteiger partial charge in [0.1, 0.15) is 17.9 Å². The van der Waals surface area contributed by atoms with E-state index in [1.165, 1.54) is 12.7 Å². The Morgan fingerprint density at radius 2 is 2.03 bits per heavy atom. The third-order valence-electron chi connectivity index (χ3n) is 5.57. The van der Waals surface area contributed by atoms with Gasteiger partial charge >= 0.3 is 12.1 Å². The van der Waals surface area contributed by atoms with Crippen LogP contribution in [0.5, 0.6) is 0 Å². The van der Waals surface area contributed by atoms with Crippen LogP contribution in [0.1, 0.15) is 17.5 Å². The average molecular weight is 490 g/mol. The number of ether oxygens (including phenoxy) is 1. The number of benzene rings is 1. The van der Waals surface area contributed by atoms with E-state index < -0.39 is 36.6 Å². The quantitative estimate of drug-likeness (QED) is 0.378. The first-order valence-corrected chi connectivity index (χ1v) is 10.5. The zero-order chi connectivity index (χ0) is 25.2. The average Bonchev–Trinajstić information content (AvgIpc) is 3.39. The lowest BCUT2D eigenvalue weighted by Crippen LogP contribution is -2.36. The van der Waals surface area contributed by atoms with Crippen molar-refractivity contribution in [2.75, 3.05) is 18.9 Å². The molecule has 1 amide bonds. The first-order chi connectivity index (χ1) is 16.6. The Labute approximate surface area is 197 Å². The van der Waals surface area contributed by atoms with Crippen molar-refractivity contribution in [3.63, 3.8) is 0 Å². The van der Waals surface area contributed by atoms with Crippen molar-refractivity contribution in [2.45, 2.75) is 37.0 Å². The predicted molar refractivity (Wildman–Crippen MR) is 116 cm³/mol. The van der Waals surface area contributed by atoms with Gasteiger partial charge in [0.15, 0.2) is 17.2 Å². The molecule has 1 aromatic carbocycles. The molecule has 3 aromatic rings. The van der Waals surface area contributed by atoms with E-state index in [-0.39, 0.29) is 25.3 Å². The van der Waals surface area contributed by atoms with E-state index in [0.29, 0.717) is 16.7 Å². The number of nitrogens with one attached hydrogen (secondary N) is 1. The summed E-state index contributed by atoms with van der Waals surface area (Å²) in [5.74, 6) is 3.29. The van der Waals surface area contributed by atoms with Crippen molar-refractivity contribution >= 4 is 22.9 Å². The number of aromatic nitrogens is 4. The van der Waals surface area contributed by atoms with Crippen LogP contribution >= 0.6 is 0 Å². The van der Waals surface area contributed by atoms with E-state index in [9.17, 15) is 28.2 Å². The molecule has 1 aliphatic heterocycles. The smallest absolute Gasteiger partial charge is 0.394 e. The van der Waals surface area contributed by atoms with E-state index in [2.05, 4.69) is 26.8 Å². The minimum absolute atomic E-state index is 0.147. The second-order valence-electron chi connectivity index (χ2n) is 7.96. The Hall–Kier alpha value is -3.73. The Morgan fingerprint density at radius 3 is 2.69 bits per heavy atom. The van der Waals surface area contributed by atoms with Gasteiger partial charge in [-0.2, -0.15) is 13.2 Å². The molecule has 3 atom stereocenters. The molecule has 1 aliphatic rings. The fourth-order valence-electron chi connectivity index (χ4n) is 3.93. The number of amides is 1. The zero-order valence-corrected chi connectivity index (χ0v) is 18.2. The molecule has 0 aliphatic carbocycles. The topological polar surface area (TPSA) is 148 Å². The number of nitrogens with zero attached hydrogens (tertiary/aromatic N) is 4. The van der Waals surface area contributed by atoms with Gasteiger partial charge in [-0.3, -0.25) is 9.36 Å². The molecular weight excluding hydrogens is 469 g/mol. The Morgan fingerprint density at radius 1 is 1.29 bits per heavy atom. The highest BCUT2D eigenvalue weighted by atomic mass is 19.4. The molecule has 0 unspecified atom stereocenters. The summed E-state index contributed by atoms with van der Waals surface area (Å²) < 4.78 is 44.4. The standard InChI is InChI=1S/C22H21F3N6O4/c23-22(24,25)20(34)27-7-1-2-13-3-5-14(6-4-13)8-21(9-15(33)16(10-32)35-21)31-12-30-17-18(26)28-11-29-19(17)31/h3-6,11-12,15-16,32-33H,7-10H2,(H,27,34)(H2,26,28,29)/t15-,16+,21+/m0/s1. The molecule has 10 nitrogen and oxygen atoms in total. The van der Waals surface area contributed by atoms with Crippen LogP contribution in [0.4, 0.5) is 19.0 Å². The number of anilines is 1. The number of aliphatic hydroxyl groups excluding tert-OH is 2. The van der Waals surface area contributed by atoms with Crippen molar-refractivity contribution in [3.05, 3.63) is 48.0 Å². The summed E-state index contributed by atoms with van der Waals surface area (Å²) in [6.07, 6.45) is -3.50. The number of rotatable bonds is 5. The van der Waals surface area contributed by atoms with Crippen molar-refractivity contribution < 1.29 is 32.9 Å². The lowest BCUT2D eigenvalue weighted by molar-refractivity contribution is -0.173. The molecule has 2 aromatic heterocycles. The van der Waals surface area contributed by atoms with Crippen LogP contribution in [-0.2, 0) is 21.7 Å². The fraction of sp³-hybridized carbons (Fsp3) is 0.364. The summed E-state index contributed by atoms with van der Waals surface area (Å²) in [6, 6.07) is 6.85. The van der Waals surface area contributed by atoms with Gasteiger partial charge in [-0.15, -0.1) is 0 Å². The highest BCUT2D eigenvalue weighted by Crippen LogP contribution is 2.40. The Balaban J connectivity index is 1.56. The van der Waals surface area contributed by atoms with Gasteiger partial charge in [0, 0.05) is 18.4 Å². The number of imidazole rings is 1. The van der Waals surface area contributed by atoms with Gasteiger partial charge in [0.2, 0.25) is 0 Å². The third-order valence-corrected chi connectivity index (χ3v) is 5.57. The molecule has 5 N–H and O–H groups in total. The number of carbonyl (C=O) groups excluding carboxylic acids is 1. The van der Waals surface area contributed by atoms with Crippen LogP contribution in [0.25, 0.3) is 11.2 Å². The van der Waals surface area contributed by atoms with Gasteiger partial charge < -0.3 is 26.0 Å². The molecule has 1 fully saturated rings. The number of aliphatic hydroxyl groups is 2. The van der Waals surface area contributed by atoms with E-state index in [4.69, 9.17) is 10.5 Å². The molecule has 0 saturated carbocycles. The van der Waals surface area contributed by atoms with Gasteiger partial charge in [0.25, 0.3) is 0 Å². The summed E-state index contributed by atoms with van der Waals surface area (Å²) in [7, 11) is 0. The normalized spacial score (nSPS) is 22.1. The molecule has 0 bridgehead atoms. The first-order valence-electron chi connectivity index (χ1n) is 10.5. The van der Waals surface area contributed by atoms with E-state index in [0.717, 1.165) is 5.56 Å². The maximum atomic E-state index is 12.2. The molecule has 184 valence electrons. The maximum absolute atomic E-state index is 12.2. The fourth-order valence-corrected chi connectivity index (χ4v) is 3.93. The summed E-state index contributed by atoms with van der Waals surface area (Å²) in [5.41, 5.74) is 6.87. The van der Waals surface area contributed by atoms with E-state index in [1.54, 1.807) is 34.1 Å². The zero-order valence-electron chi connectivity index (χ0n) is 18.2. The number of hydrogen-bond acceptors (Lipinski definition) is 8. The number of fused-ring (bicyclic) bond motifs is 1. The third kappa shape index (κ3) is 5.04. The van der Waals surface area contributed by atoms with Gasteiger partial charge in [-0.25, -0.2) is 15.0 Å². The van der Waals surface area contributed by atoms with Crippen LogP contribution in [0.2, 0.25) is 0 Å². The molecular formula is C22H21F3N6O4. The van der Waals surface area contributed by atoms with Crippen LogP contribution in [0, 0.1) is 11.8 Å². The number of alkyl halides is 3. The number of nitrogens with two attached hydrogens (primary N) is 1. The second kappa shape index (κ2) is 9.49.